The van der Waals surface area contributed by atoms with Gasteiger partial charge in [-0.25, -0.2) is 0 Å². The van der Waals surface area contributed by atoms with E-state index in [-0.39, 0.29) is 0 Å². The Bertz CT molecular complexity index is 434. The molecule has 0 amide bonds. The first kappa shape index (κ1) is 13.0. The molecule has 3 nitrogen and oxygen atoms in total. The predicted molar refractivity (Wildman–Crippen MR) is 63.1 cm³/mol. The average molecular weight is 240 g/mol. The molecule has 0 saturated heterocycles. The van der Waals surface area contributed by atoms with Crippen LogP contribution in [0.3, 0.4) is 0 Å². The van der Waals surface area contributed by atoms with E-state index in [2.05, 4.69) is 23.8 Å². The third-order valence-corrected chi connectivity index (χ3v) is 2.20. The molecule has 0 fully saturated rings. The molecule has 0 unspecified atom stereocenters. The van der Waals surface area contributed by atoms with Crippen LogP contribution < -0.4 is 10.6 Å². The molecule has 0 radical (unpaired) electrons. The molecule has 1 aliphatic rings. The number of nitrogens with one attached hydrogen (secondary N) is 2. The van der Waals surface area contributed by atoms with Crippen LogP contribution in [0, 0.1) is 0 Å². The summed E-state index contributed by atoms with van der Waals surface area (Å²) >= 11 is 0. The van der Waals surface area contributed by atoms with Crippen molar-refractivity contribution in [3.05, 3.63) is 60.4 Å². The van der Waals surface area contributed by atoms with Crippen molar-refractivity contribution in [1.82, 2.24) is 10.6 Å². The molecular formula is C12H14F2N2O. The maximum atomic E-state index is 13.4. The summed E-state index contributed by atoms with van der Waals surface area (Å²) in [5.74, 6) is -3.96. The van der Waals surface area contributed by atoms with Crippen LogP contribution in [0.4, 0.5) is 8.78 Å². The number of allylic oxidation sites excluding steroid dienone is 4. The van der Waals surface area contributed by atoms with Crippen LogP contribution in [-0.2, 0) is 0 Å². The van der Waals surface area contributed by atoms with Crippen LogP contribution in [0.2, 0.25) is 0 Å². The minimum atomic E-state index is -3.34. The van der Waals surface area contributed by atoms with E-state index in [1.54, 1.807) is 13.0 Å². The molecule has 0 aromatic rings. The van der Waals surface area contributed by atoms with E-state index in [0.717, 1.165) is 0 Å². The fourth-order valence-electron chi connectivity index (χ4n) is 1.34. The van der Waals surface area contributed by atoms with Crippen LogP contribution >= 0.6 is 0 Å². The SMILES string of the molecule is C=C/C=C1/NC(C(F)(F)C=C)=C(O)N/C1=C/C. The number of hydrogen-bond donors (Lipinski definition) is 3. The molecule has 0 aromatic heterocycles. The van der Waals surface area contributed by atoms with Gasteiger partial charge in [0.1, 0.15) is 0 Å². The highest BCUT2D eigenvalue weighted by atomic mass is 19.3. The Morgan fingerprint density at radius 1 is 1.24 bits per heavy atom. The van der Waals surface area contributed by atoms with Crippen molar-refractivity contribution in [2.45, 2.75) is 12.8 Å². The van der Waals surface area contributed by atoms with Gasteiger partial charge in [0.25, 0.3) is 0 Å². The van der Waals surface area contributed by atoms with Crippen molar-refractivity contribution in [3.8, 4) is 0 Å². The first-order valence-corrected chi connectivity index (χ1v) is 4.94. The summed E-state index contributed by atoms with van der Waals surface area (Å²) in [4.78, 5) is 0. The number of aliphatic hydroxyl groups is 1. The van der Waals surface area contributed by atoms with Crippen LogP contribution in [0.5, 0.6) is 0 Å². The summed E-state index contributed by atoms with van der Waals surface area (Å²) in [5, 5.41) is 14.5. The average Bonchev–Trinajstić information content (AvgIpc) is 2.31. The number of hydrogen-bond acceptors (Lipinski definition) is 3. The summed E-state index contributed by atoms with van der Waals surface area (Å²) in [5.41, 5.74) is 0.258. The Kier molecular flexibility index (Phi) is 3.73. The molecular weight excluding hydrogens is 226 g/mol. The molecule has 0 saturated carbocycles. The van der Waals surface area contributed by atoms with Crippen molar-refractivity contribution in [2.24, 2.45) is 0 Å². The highest BCUT2D eigenvalue weighted by Gasteiger charge is 2.37. The van der Waals surface area contributed by atoms with Gasteiger partial charge in [0.05, 0.1) is 11.4 Å². The molecule has 3 N–H and O–H groups in total. The first-order chi connectivity index (χ1) is 7.96. The van der Waals surface area contributed by atoms with Gasteiger partial charge in [0.15, 0.2) is 5.70 Å². The van der Waals surface area contributed by atoms with Crippen molar-refractivity contribution in [2.75, 3.05) is 0 Å². The van der Waals surface area contributed by atoms with Crippen molar-refractivity contribution >= 4 is 0 Å². The maximum absolute atomic E-state index is 13.4. The lowest BCUT2D eigenvalue weighted by atomic mass is 10.1. The quantitative estimate of drug-likeness (QED) is 0.664. The molecule has 0 spiro atoms. The van der Waals surface area contributed by atoms with Crippen LogP contribution in [0.1, 0.15) is 6.92 Å². The van der Waals surface area contributed by atoms with Crippen LogP contribution in [0.15, 0.2) is 60.4 Å². The zero-order valence-corrected chi connectivity index (χ0v) is 9.43. The summed E-state index contributed by atoms with van der Waals surface area (Å²) in [6, 6.07) is 0. The van der Waals surface area contributed by atoms with E-state index >= 15 is 0 Å². The minimum Gasteiger partial charge on any atom is -0.493 e. The normalized spacial score (nSPS) is 21.1. The number of alkyl halides is 2. The fraction of sp³-hybridized carbons (Fsp3) is 0.167. The lowest BCUT2D eigenvalue weighted by Crippen LogP contribution is -2.39. The second kappa shape index (κ2) is 4.86. The highest BCUT2D eigenvalue weighted by Crippen LogP contribution is 2.29. The zero-order valence-electron chi connectivity index (χ0n) is 9.43. The van der Waals surface area contributed by atoms with Crippen molar-refractivity contribution < 1.29 is 13.9 Å². The number of halogens is 2. The van der Waals surface area contributed by atoms with E-state index in [1.807, 2.05) is 0 Å². The third kappa shape index (κ3) is 2.55. The maximum Gasteiger partial charge on any atom is 0.311 e. The number of aliphatic hydroxyl groups excluding tert-OH is 1. The summed E-state index contributed by atoms with van der Waals surface area (Å²) in [6.45, 7) is 8.24. The number of rotatable bonds is 3. The van der Waals surface area contributed by atoms with Crippen LogP contribution in [-0.4, -0.2) is 11.0 Å². The van der Waals surface area contributed by atoms with E-state index in [4.69, 9.17) is 0 Å². The van der Waals surface area contributed by atoms with Crippen LogP contribution in [0.25, 0.3) is 0 Å². The molecule has 5 heteroatoms. The van der Waals surface area contributed by atoms with Gasteiger partial charge in [-0.15, -0.1) is 0 Å². The minimum absolute atomic E-state index is 0.400. The Labute approximate surface area is 98.5 Å². The molecule has 0 atom stereocenters. The van der Waals surface area contributed by atoms with Gasteiger partial charge in [-0.2, -0.15) is 8.78 Å². The van der Waals surface area contributed by atoms with Crippen molar-refractivity contribution in [1.29, 1.82) is 0 Å². The largest absolute Gasteiger partial charge is 0.493 e. The fourth-order valence-corrected chi connectivity index (χ4v) is 1.34. The van der Waals surface area contributed by atoms with Gasteiger partial charge in [0.2, 0.25) is 5.88 Å². The Hall–Kier alpha value is -2.04. The van der Waals surface area contributed by atoms with E-state index in [1.165, 1.54) is 12.2 Å². The lowest BCUT2D eigenvalue weighted by Gasteiger charge is -2.28. The predicted octanol–water partition coefficient (Wildman–Crippen LogP) is 2.70. The topological polar surface area (TPSA) is 44.3 Å². The van der Waals surface area contributed by atoms with Gasteiger partial charge in [-0.1, -0.05) is 25.3 Å². The van der Waals surface area contributed by atoms with Gasteiger partial charge < -0.3 is 15.7 Å². The van der Waals surface area contributed by atoms with Gasteiger partial charge in [0, 0.05) is 0 Å². The van der Waals surface area contributed by atoms with Crippen molar-refractivity contribution in [3.63, 3.8) is 0 Å². The summed E-state index contributed by atoms with van der Waals surface area (Å²) in [7, 11) is 0. The van der Waals surface area contributed by atoms with Gasteiger partial charge in [-0.3, -0.25) is 0 Å². The Balaban J connectivity index is 3.22. The molecule has 1 heterocycles. The standard InChI is InChI=1S/C12H14F2N2O/c1-4-7-9-8(5-2)16-11(17)10(15-9)12(13,14)6-3/h4-7,15-17H,1,3H2,2H3/b8-5+,9-7+. The summed E-state index contributed by atoms with van der Waals surface area (Å²) < 4.78 is 26.8. The lowest BCUT2D eigenvalue weighted by molar-refractivity contribution is 0.0819. The Morgan fingerprint density at radius 2 is 1.88 bits per heavy atom. The van der Waals surface area contributed by atoms with Gasteiger partial charge in [-0.05, 0) is 19.1 Å². The monoisotopic (exact) mass is 240 g/mol. The Morgan fingerprint density at radius 3 is 2.35 bits per heavy atom. The molecule has 17 heavy (non-hydrogen) atoms. The van der Waals surface area contributed by atoms with E-state index in [0.29, 0.717) is 17.5 Å². The van der Waals surface area contributed by atoms with E-state index < -0.39 is 17.5 Å². The first-order valence-electron chi connectivity index (χ1n) is 4.94. The second-order valence-electron chi connectivity index (χ2n) is 3.32. The highest BCUT2D eigenvalue weighted by molar-refractivity contribution is 5.41. The van der Waals surface area contributed by atoms with Gasteiger partial charge >= 0.3 is 5.92 Å². The molecule has 1 rings (SSSR count). The smallest absolute Gasteiger partial charge is 0.311 e. The second-order valence-corrected chi connectivity index (χ2v) is 3.32. The molecule has 92 valence electrons. The molecule has 0 aromatic carbocycles. The van der Waals surface area contributed by atoms with E-state index in [9.17, 15) is 13.9 Å². The molecule has 0 bridgehead atoms. The molecule has 0 aliphatic carbocycles. The summed E-state index contributed by atoms with van der Waals surface area (Å²) in [6.07, 6.45) is 5.08. The molecule has 1 aliphatic heterocycles. The third-order valence-electron chi connectivity index (χ3n) is 2.20. The zero-order chi connectivity index (χ0) is 13.1.